The fourth-order valence-corrected chi connectivity index (χ4v) is 3.93. The average molecular weight is 331 g/mol. The van der Waals surface area contributed by atoms with Gasteiger partial charge in [-0.1, -0.05) is 31.2 Å². The number of nitrogens with zero attached hydrogens (tertiary/aromatic N) is 3. The molecule has 2 unspecified atom stereocenters. The van der Waals surface area contributed by atoms with Gasteiger partial charge in [-0.25, -0.2) is 0 Å². The third kappa shape index (κ3) is 4.57. The van der Waals surface area contributed by atoms with Crippen LogP contribution in [0.2, 0.25) is 0 Å². The normalized spacial score (nSPS) is 25.7. The first-order chi connectivity index (χ1) is 11.7. The first kappa shape index (κ1) is 17.9. The highest BCUT2D eigenvalue weighted by molar-refractivity contribution is 5.25. The van der Waals surface area contributed by atoms with Crippen molar-refractivity contribution in [3.8, 4) is 0 Å². The highest BCUT2D eigenvalue weighted by Crippen LogP contribution is 2.24. The van der Waals surface area contributed by atoms with Gasteiger partial charge in [-0.15, -0.1) is 0 Å². The zero-order valence-electron chi connectivity index (χ0n) is 15.7. The number of likely N-dealkylation sites (N-methyl/N-ethyl adjacent to an activating group) is 1. The first-order valence-corrected chi connectivity index (χ1v) is 9.63. The molecule has 1 aromatic carbocycles. The van der Waals surface area contributed by atoms with Crippen LogP contribution in [0.3, 0.4) is 0 Å². The molecule has 0 radical (unpaired) electrons. The van der Waals surface area contributed by atoms with Crippen LogP contribution in [0.1, 0.15) is 31.0 Å². The first-order valence-electron chi connectivity index (χ1n) is 9.63. The molecule has 1 N–H and O–H groups in total. The van der Waals surface area contributed by atoms with Crippen molar-refractivity contribution < 1.29 is 0 Å². The van der Waals surface area contributed by atoms with Crippen molar-refractivity contribution in [2.24, 2.45) is 0 Å². The highest BCUT2D eigenvalue weighted by atomic mass is 15.3. The van der Waals surface area contributed by atoms with E-state index in [4.69, 9.17) is 0 Å². The Morgan fingerprint density at radius 2 is 1.79 bits per heavy atom. The Bertz CT molecular complexity index is 493. The van der Waals surface area contributed by atoms with Crippen molar-refractivity contribution in [3.63, 3.8) is 0 Å². The second-order valence-corrected chi connectivity index (χ2v) is 7.56. The van der Waals surface area contributed by atoms with Crippen molar-refractivity contribution in [2.45, 2.75) is 32.4 Å². The molecule has 134 valence electrons. The van der Waals surface area contributed by atoms with Gasteiger partial charge in [0.15, 0.2) is 0 Å². The molecule has 4 nitrogen and oxygen atoms in total. The van der Waals surface area contributed by atoms with Crippen molar-refractivity contribution >= 4 is 0 Å². The van der Waals surface area contributed by atoms with Crippen LogP contribution in [0.15, 0.2) is 24.3 Å². The number of piperazine rings is 2. The maximum atomic E-state index is 3.58. The lowest BCUT2D eigenvalue weighted by Crippen LogP contribution is -2.53. The van der Waals surface area contributed by atoms with E-state index in [1.54, 1.807) is 0 Å². The summed E-state index contributed by atoms with van der Waals surface area (Å²) in [5.74, 6) is 0. The summed E-state index contributed by atoms with van der Waals surface area (Å²) in [6.07, 6.45) is 1.12. The van der Waals surface area contributed by atoms with Crippen LogP contribution in [0.5, 0.6) is 0 Å². The molecule has 0 aliphatic carbocycles. The molecule has 2 heterocycles. The van der Waals surface area contributed by atoms with Crippen LogP contribution >= 0.6 is 0 Å². The largest absolute Gasteiger partial charge is 0.312 e. The maximum absolute atomic E-state index is 3.58. The quantitative estimate of drug-likeness (QED) is 0.889. The van der Waals surface area contributed by atoms with Crippen LogP contribution in [-0.4, -0.2) is 80.1 Å². The van der Waals surface area contributed by atoms with Gasteiger partial charge >= 0.3 is 0 Å². The maximum Gasteiger partial charge on any atom is 0.0476 e. The molecule has 2 aliphatic heterocycles. The van der Waals surface area contributed by atoms with Gasteiger partial charge in [-0.3, -0.25) is 9.80 Å². The minimum atomic E-state index is 0.517. The van der Waals surface area contributed by atoms with Gasteiger partial charge in [0.05, 0.1) is 0 Å². The molecule has 0 amide bonds. The van der Waals surface area contributed by atoms with E-state index in [0.29, 0.717) is 12.1 Å². The average Bonchev–Trinajstić information content (AvgIpc) is 2.61. The number of rotatable bonds is 5. The summed E-state index contributed by atoms with van der Waals surface area (Å²) in [7, 11) is 2.23. The summed E-state index contributed by atoms with van der Waals surface area (Å²) in [6, 6.07) is 10.5. The lowest BCUT2D eigenvalue weighted by molar-refractivity contribution is 0.0835. The van der Waals surface area contributed by atoms with Gasteiger partial charge in [-0.05, 0) is 31.5 Å². The molecule has 1 aromatic rings. The zero-order valence-corrected chi connectivity index (χ0v) is 15.7. The van der Waals surface area contributed by atoms with Gasteiger partial charge in [0.2, 0.25) is 0 Å². The third-order valence-electron chi connectivity index (χ3n) is 5.64. The smallest absolute Gasteiger partial charge is 0.0476 e. The van der Waals surface area contributed by atoms with Crippen molar-refractivity contribution in [3.05, 3.63) is 35.4 Å². The molecular formula is C20H34N4. The molecule has 2 saturated heterocycles. The molecule has 0 bridgehead atoms. The van der Waals surface area contributed by atoms with Crippen LogP contribution in [0, 0.1) is 0 Å². The summed E-state index contributed by atoms with van der Waals surface area (Å²) >= 11 is 0. The predicted octanol–water partition coefficient (Wildman–Crippen LogP) is 1.83. The van der Waals surface area contributed by atoms with Gasteiger partial charge < -0.3 is 10.2 Å². The number of aryl methyl sites for hydroxylation is 1. The van der Waals surface area contributed by atoms with E-state index >= 15 is 0 Å². The van der Waals surface area contributed by atoms with Gasteiger partial charge in [0, 0.05) is 64.4 Å². The van der Waals surface area contributed by atoms with Crippen LogP contribution in [-0.2, 0) is 6.42 Å². The molecule has 0 aromatic heterocycles. The van der Waals surface area contributed by atoms with Gasteiger partial charge in [0.1, 0.15) is 0 Å². The Labute approximate surface area is 147 Å². The molecule has 4 heteroatoms. The molecule has 2 aliphatic rings. The van der Waals surface area contributed by atoms with E-state index in [-0.39, 0.29) is 0 Å². The Balaban J connectivity index is 1.74. The van der Waals surface area contributed by atoms with Crippen molar-refractivity contribution in [1.82, 2.24) is 20.0 Å². The standard InChI is InChI=1S/C20H34N4/c1-4-18-5-7-19(8-6-18)20(24-10-9-21-17(2)15-24)16-23-13-11-22(3)12-14-23/h5-8,17,20-21H,4,9-16H2,1-3H3. The van der Waals surface area contributed by atoms with E-state index in [1.807, 2.05) is 0 Å². The topological polar surface area (TPSA) is 21.8 Å². The monoisotopic (exact) mass is 330 g/mol. The van der Waals surface area contributed by atoms with Gasteiger partial charge in [-0.2, -0.15) is 0 Å². The molecule has 2 atom stereocenters. The summed E-state index contributed by atoms with van der Waals surface area (Å²) < 4.78 is 0. The summed E-state index contributed by atoms with van der Waals surface area (Å²) in [5.41, 5.74) is 2.92. The van der Waals surface area contributed by atoms with E-state index in [2.05, 4.69) is 65.2 Å². The minimum absolute atomic E-state index is 0.517. The zero-order chi connectivity index (χ0) is 16.9. The van der Waals surface area contributed by atoms with Crippen LogP contribution in [0.25, 0.3) is 0 Å². The second-order valence-electron chi connectivity index (χ2n) is 7.56. The molecule has 0 spiro atoms. The molecular weight excluding hydrogens is 296 g/mol. The SMILES string of the molecule is CCc1ccc(C(CN2CCN(C)CC2)N2CCNC(C)C2)cc1. The van der Waals surface area contributed by atoms with E-state index in [1.165, 1.54) is 37.3 Å². The number of nitrogens with one attached hydrogen (secondary N) is 1. The summed E-state index contributed by atoms with van der Waals surface area (Å²) in [4.78, 5) is 7.79. The number of benzene rings is 1. The van der Waals surface area contributed by atoms with Crippen molar-refractivity contribution in [1.29, 1.82) is 0 Å². The summed E-state index contributed by atoms with van der Waals surface area (Å²) in [5, 5.41) is 3.58. The fraction of sp³-hybridized carbons (Fsp3) is 0.700. The number of hydrogen-bond donors (Lipinski definition) is 1. The molecule has 24 heavy (non-hydrogen) atoms. The summed E-state index contributed by atoms with van der Waals surface area (Å²) in [6.45, 7) is 13.9. The van der Waals surface area contributed by atoms with E-state index in [0.717, 1.165) is 32.6 Å². The third-order valence-corrected chi connectivity index (χ3v) is 5.64. The predicted molar refractivity (Wildman–Crippen MR) is 102 cm³/mol. The Morgan fingerprint density at radius 3 is 2.42 bits per heavy atom. The Morgan fingerprint density at radius 1 is 1.08 bits per heavy atom. The Hall–Kier alpha value is -0.940. The molecule has 0 saturated carbocycles. The highest BCUT2D eigenvalue weighted by Gasteiger charge is 2.27. The van der Waals surface area contributed by atoms with Crippen molar-refractivity contribution in [2.75, 3.05) is 59.4 Å². The number of hydrogen-bond acceptors (Lipinski definition) is 4. The fourth-order valence-electron chi connectivity index (χ4n) is 3.93. The Kier molecular flexibility index (Phi) is 6.28. The second kappa shape index (κ2) is 8.43. The lowest BCUT2D eigenvalue weighted by Gasteiger charge is -2.42. The van der Waals surface area contributed by atoms with E-state index < -0.39 is 0 Å². The molecule has 2 fully saturated rings. The van der Waals surface area contributed by atoms with E-state index in [9.17, 15) is 0 Å². The van der Waals surface area contributed by atoms with Crippen LogP contribution < -0.4 is 5.32 Å². The lowest BCUT2D eigenvalue weighted by atomic mass is 10.00. The van der Waals surface area contributed by atoms with Gasteiger partial charge in [0.25, 0.3) is 0 Å². The minimum Gasteiger partial charge on any atom is -0.312 e. The molecule has 3 rings (SSSR count). The van der Waals surface area contributed by atoms with Crippen LogP contribution in [0.4, 0.5) is 0 Å².